The van der Waals surface area contributed by atoms with E-state index in [-0.39, 0.29) is 21.7 Å². The Kier molecular flexibility index (Phi) is 9.55. The van der Waals surface area contributed by atoms with Gasteiger partial charge in [0.05, 0.1) is 22.4 Å². The van der Waals surface area contributed by atoms with Crippen LogP contribution in [0.25, 0.3) is 120 Å². The number of hydrogen-bond donors (Lipinski definition) is 0. The molecule has 2 heteroatoms. The zero-order valence-electron chi connectivity index (χ0n) is 42.9. The second-order valence-corrected chi connectivity index (χ2v) is 24.2. The molecule has 0 radical (unpaired) electrons. The normalized spacial score (nSPS) is 13.1. The number of fused-ring (bicyclic) bond motifs is 1. The minimum atomic E-state index is -0.163. The molecule has 2 nitrogen and oxygen atoms in total. The minimum absolute atomic E-state index is 0.0376. The third-order valence-corrected chi connectivity index (χ3v) is 15.3. The van der Waals surface area contributed by atoms with Crippen molar-refractivity contribution >= 4 is 75.7 Å². The average Bonchev–Trinajstić information content (AvgIpc) is 3.32. The summed E-state index contributed by atoms with van der Waals surface area (Å²) in [7, 11) is 0. The number of rotatable bonds is 4. The summed E-state index contributed by atoms with van der Waals surface area (Å²) in [5.74, 6) is 0. The van der Waals surface area contributed by atoms with Gasteiger partial charge in [-0.05, 0) is 155 Å². The first kappa shape index (κ1) is 44.1. The summed E-state index contributed by atoms with van der Waals surface area (Å²) in [4.78, 5) is 11.4. The van der Waals surface area contributed by atoms with Crippen molar-refractivity contribution in [3.63, 3.8) is 0 Å². The summed E-state index contributed by atoms with van der Waals surface area (Å²) in [6, 6.07) is 59.8. The molecule has 12 aromatic rings. The van der Waals surface area contributed by atoms with E-state index in [0.717, 1.165) is 44.7 Å². The van der Waals surface area contributed by atoms with E-state index < -0.39 is 0 Å². The summed E-state index contributed by atoms with van der Waals surface area (Å²) in [6.45, 7) is 28.0. The van der Waals surface area contributed by atoms with Crippen LogP contribution in [-0.4, -0.2) is 9.97 Å². The molecule has 0 spiro atoms. The van der Waals surface area contributed by atoms with Crippen LogP contribution in [0.1, 0.15) is 105 Å². The van der Waals surface area contributed by atoms with E-state index in [0.29, 0.717) is 0 Å². The first-order valence-corrected chi connectivity index (χ1v) is 25.2. The number of nitrogens with zero attached hydrogens (tertiary/aromatic N) is 2. The lowest BCUT2D eigenvalue weighted by Gasteiger charge is -2.29. The van der Waals surface area contributed by atoms with E-state index in [2.05, 4.69) is 241 Å². The van der Waals surface area contributed by atoms with Crippen molar-refractivity contribution in [2.45, 2.75) is 105 Å². The second-order valence-electron chi connectivity index (χ2n) is 24.2. The Morgan fingerprint density at radius 1 is 0.286 bits per heavy atom. The Balaban J connectivity index is 1.16. The maximum absolute atomic E-state index is 5.69. The maximum atomic E-state index is 5.69. The van der Waals surface area contributed by atoms with Crippen LogP contribution in [0, 0.1) is 0 Å². The molecule has 12 rings (SSSR count). The lowest BCUT2D eigenvalue weighted by Crippen LogP contribution is -2.14. The van der Waals surface area contributed by atoms with Crippen molar-refractivity contribution in [3.8, 4) is 44.8 Å². The Morgan fingerprint density at radius 3 is 0.914 bits per heavy atom. The molecule has 0 unspecified atom stereocenters. The van der Waals surface area contributed by atoms with Gasteiger partial charge in [-0.3, -0.25) is 0 Å². The van der Waals surface area contributed by atoms with Gasteiger partial charge in [-0.1, -0.05) is 217 Å². The molecular formula is C68H62N2. The topological polar surface area (TPSA) is 25.8 Å². The fraction of sp³-hybridized carbons (Fsp3) is 0.235. The van der Waals surface area contributed by atoms with E-state index in [4.69, 9.17) is 9.97 Å². The van der Waals surface area contributed by atoms with Crippen molar-refractivity contribution in [2.24, 2.45) is 0 Å². The first-order valence-electron chi connectivity index (χ1n) is 25.2. The van der Waals surface area contributed by atoms with Gasteiger partial charge in [0.1, 0.15) is 0 Å². The lowest BCUT2D eigenvalue weighted by molar-refractivity contribution is 0.591. The van der Waals surface area contributed by atoms with Crippen LogP contribution in [0.2, 0.25) is 0 Å². The highest BCUT2D eigenvalue weighted by molar-refractivity contribution is 6.28. The van der Waals surface area contributed by atoms with E-state index >= 15 is 0 Å². The lowest BCUT2D eigenvalue weighted by atomic mass is 9.75. The molecule has 0 aliphatic carbocycles. The Morgan fingerprint density at radius 2 is 0.586 bits per heavy atom. The van der Waals surface area contributed by atoms with Crippen molar-refractivity contribution in [1.82, 2.24) is 9.97 Å². The Labute approximate surface area is 413 Å². The Bertz CT molecular complexity index is 3780. The van der Waals surface area contributed by atoms with Crippen molar-refractivity contribution in [1.29, 1.82) is 0 Å². The highest BCUT2D eigenvalue weighted by atomic mass is 14.8. The van der Waals surface area contributed by atoms with Crippen LogP contribution in [0.5, 0.6) is 0 Å². The SMILES string of the molecule is CC(C)(C)c1cc2ccc3cc(C(C)(C)C)c(-c4ccccc4-c4nc5ccccc5nc4-c4ccccc4-c4c(C(C)(C)C)cc5ccc6cc(C(C)(C)C)cc7ccc4c5c67)c4ccc(c1)c2c34. The molecule has 0 bridgehead atoms. The van der Waals surface area contributed by atoms with Crippen LogP contribution in [-0.2, 0) is 21.7 Å². The molecule has 0 aliphatic heterocycles. The van der Waals surface area contributed by atoms with Gasteiger partial charge in [-0.15, -0.1) is 0 Å². The second kappa shape index (κ2) is 15.2. The highest BCUT2D eigenvalue weighted by Crippen LogP contribution is 2.51. The number of para-hydroxylation sites is 2. The van der Waals surface area contributed by atoms with E-state index in [9.17, 15) is 0 Å². The molecule has 11 aromatic carbocycles. The molecule has 0 N–H and O–H groups in total. The van der Waals surface area contributed by atoms with Crippen LogP contribution in [0.4, 0.5) is 0 Å². The van der Waals surface area contributed by atoms with Crippen LogP contribution < -0.4 is 0 Å². The molecule has 0 saturated carbocycles. The van der Waals surface area contributed by atoms with Crippen LogP contribution >= 0.6 is 0 Å². The van der Waals surface area contributed by atoms with Gasteiger partial charge in [0.2, 0.25) is 0 Å². The fourth-order valence-electron chi connectivity index (χ4n) is 11.6. The van der Waals surface area contributed by atoms with E-state index in [1.807, 2.05) is 0 Å². The van der Waals surface area contributed by atoms with Gasteiger partial charge < -0.3 is 0 Å². The third kappa shape index (κ3) is 6.89. The molecule has 0 amide bonds. The first-order chi connectivity index (χ1) is 33.2. The minimum Gasteiger partial charge on any atom is -0.244 e. The van der Waals surface area contributed by atoms with Gasteiger partial charge in [-0.25, -0.2) is 9.97 Å². The molecule has 0 fully saturated rings. The monoisotopic (exact) mass is 906 g/mol. The quantitative estimate of drug-likeness (QED) is 0.164. The third-order valence-electron chi connectivity index (χ3n) is 15.3. The number of aromatic nitrogens is 2. The summed E-state index contributed by atoms with van der Waals surface area (Å²) < 4.78 is 0. The molecule has 0 aliphatic rings. The highest BCUT2D eigenvalue weighted by Gasteiger charge is 2.30. The van der Waals surface area contributed by atoms with Gasteiger partial charge in [0.15, 0.2) is 0 Å². The standard InChI is InChI=1S/C68H62N2/c1-65(2,3)45-33-39-25-27-43-37-53(67(7,8)9)61(51-31-29-41(35-45)57(39)59(43)51)47-19-13-15-21-49(47)63-64(70-56-24-18-17-23-55(56)69-63)50-22-16-14-20-48(50)62-52-32-30-42-36-46(66(4,5)6)34-40-26-28-44(60(52)58(40)42)38-54(62)68(10,11)12/h13-38H,1-12H3. The predicted molar refractivity (Wildman–Crippen MR) is 303 cm³/mol. The van der Waals surface area contributed by atoms with Gasteiger partial charge in [-0.2, -0.15) is 0 Å². The molecule has 70 heavy (non-hydrogen) atoms. The largest absolute Gasteiger partial charge is 0.244 e. The van der Waals surface area contributed by atoms with Crippen LogP contribution in [0.15, 0.2) is 158 Å². The Hall–Kier alpha value is -7.16. The summed E-state index contributed by atoms with van der Waals surface area (Å²) in [5, 5.41) is 15.6. The molecule has 0 atom stereocenters. The zero-order chi connectivity index (χ0) is 48.8. The zero-order valence-corrected chi connectivity index (χ0v) is 42.9. The number of benzene rings is 11. The summed E-state index contributed by atoms with van der Waals surface area (Å²) in [5.41, 5.74) is 15.6. The maximum Gasteiger partial charge on any atom is 0.0979 e. The number of hydrogen-bond acceptors (Lipinski definition) is 2. The summed E-state index contributed by atoms with van der Waals surface area (Å²) >= 11 is 0. The van der Waals surface area contributed by atoms with Crippen LogP contribution in [0.3, 0.4) is 0 Å². The van der Waals surface area contributed by atoms with Gasteiger partial charge in [0.25, 0.3) is 0 Å². The molecule has 344 valence electrons. The van der Waals surface area contributed by atoms with Gasteiger partial charge in [0, 0.05) is 11.1 Å². The average molecular weight is 907 g/mol. The van der Waals surface area contributed by atoms with Gasteiger partial charge >= 0.3 is 0 Å². The van der Waals surface area contributed by atoms with Crippen molar-refractivity contribution in [2.75, 3.05) is 0 Å². The van der Waals surface area contributed by atoms with E-state index in [1.54, 1.807) is 0 Å². The van der Waals surface area contributed by atoms with E-state index in [1.165, 1.54) is 98.0 Å². The smallest absolute Gasteiger partial charge is 0.0979 e. The molecule has 1 heterocycles. The van der Waals surface area contributed by atoms with Crippen molar-refractivity contribution in [3.05, 3.63) is 180 Å². The molecule has 1 aromatic heterocycles. The molecule has 0 saturated heterocycles. The fourth-order valence-corrected chi connectivity index (χ4v) is 11.6. The predicted octanol–water partition coefficient (Wildman–Crippen LogP) is 19.3. The summed E-state index contributed by atoms with van der Waals surface area (Å²) in [6.07, 6.45) is 0. The molecular weight excluding hydrogens is 845 g/mol. The van der Waals surface area contributed by atoms with Crippen molar-refractivity contribution < 1.29 is 0 Å².